The molecule has 1 fully saturated rings. The average Bonchev–Trinajstić information content (AvgIpc) is 2.38. The topological polar surface area (TPSA) is 55.1 Å². The molecule has 1 aliphatic carbocycles. The van der Waals surface area contributed by atoms with Crippen molar-refractivity contribution in [2.45, 2.75) is 39.2 Å². The molecule has 3 N–H and O–H groups in total. The first-order valence-corrected chi connectivity index (χ1v) is 6.94. The molecule has 1 saturated carbocycles. The molecule has 1 amide bonds. The zero-order valence-electron chi connectivity index (χ0n) is 11.7. The van der Waals surface area contributed by atoms with Crippen molar-refractivity contribution in [3.05, 3.63) is 29.3 Å². The molecule has 2 rings (SSSR count). The van der Waals surface area contributed by atoms with Crippen LogP contribution in [0.3, 0.4) is 0 Å². The maximum atomic E-state index is 13.2. The zero-order chi connectivity index (χ0) is 14.9. The van der Waals surface area contributed by atoms with Gasteiger partial charge in [-0.3, -0.25) is 4.79 Å². The molecule has 20 heavy (non-hydrogen) atoms. The number of rotatable bonds is 2. The zero-order valence-corrected chi connectivity index (χ0v) is 11.7. The number of carbonyl (C=O) groups is 1. The maximum Gasteiger partial charge on any atom is 0.253 e. The summed E-state index contributed by atoms with van der Waals surface area (Å²) < 4.78 is 26.2. The van der Waals surface area contributed by atoms with E-state index in [0.717, 1.165) is 31.4 Å². The molecule has 3 atom stereocenters. The first-order chi connectivity index (χ1) is 9.38. The van der Waals surface area contributed by atoms with E-state index < -0.39 is 17.5 Å². The van der Waals surface area contributed by atoms with Gasteiger partial charge in [-0.05, 0) is 37.2 Å². The third-order valence-electron chi connectivity index (χ3n) is 4.27. The number of amides is 1. The highest BCUT2D eigenvalue weighted by Gasteiger charge is 2.26. The van der Waals surface area contributed by atoms with Gasteiger partial charge in [0.05, 0.1) is 5.56 Å². The average molecular weight is 282 g/mol. The molecular weight excluding hydrogens is 262 g/mol. The predicted octanol–water partition coefficient (Wildman–Crippen LogP) is 3.10. The number of nitrogens with one attached hydrogen (secondary N) is 1. The van der Waals surface area contributed by atoms with E-state index in [9.17, 15) is 13.6 Å². The Labute approximate surface area is 117 Å². The van der Waals surface area contributed by atoms with Crippen LogP contribution < -0.4 is 11.1 Å². The molecule has 1 aromatic carbocycles. The van der Waals surface area contributed by atoms with Crippen molar-refractivity contribution in [3.63, 3.8) is 0 Å². The SMILES string of the molecule is CC1CCC(NC(=O)c2cc(F)c(F)cc2N)CC1C. The van der Waals surface area contributed by atoms with Crippen molar-refractivity contribution >= 4 is 11.6 Å². The smallest absolute Gasteiger partial charge is 0.253 e. The molecule has 1 aromatic rings. The van der Waals surface area contributed by atoms with Crippen LogP contribution in [0.25, 0.3) is 0 Å². The van der Waals surface area contributed by atoms with Crippen molar-refractivity contribution in [2.75, 3.05) is 5.73 Å². The minimum absolute atomic E-state index is 0.00447. The summed E-state index contributed by atoms with van der Waals surface area (Å²) in [6.07, 6.45) is 2.86. The van der Waals surface area contributed by atoms with Gasteiger partial charge in [-0.1, -0.05) is 13.8 Å². The Morgan fingerprint density at radius 1 is 1.20 bits per heavy atom. The highest BCUT2D eigenvalue weighted by Crippen LogP contribution is 2.29. The lowest BCUT2D eigenvalue weighted by atomic mass is 9.79. The van der Waals surface area contributed by atoms with Gasteiger partial charge < -0.3 is 11.1 Å². The van der Waals surface area contributed by atoms with E-state index in [1.54, 1.807) is 0 Å². The molecule has 3 nitrogen and oxygen atoms in total. The molecule has 0 aliphatic heterocycles. The Morgan fingerprint density at radius 3 is 2.50 bits per heavy atom. The maximum absolute atomic E-state index is 13.2. The molecule has 3 unspecified atom stereocenters. The van der Waals surface area contributed by atoms with Crippen molar-refractivity contribution in [3.8, 4) is 0 Å². The van der Waals surface area contributed by atoms with Crippen LogP contribution in [0.5, 0.6) is 0 Å². The molecular formula is C15H20F2N2O. The molecule has 0 heterocycles. The van der Waals surface area contributed by atoms with E-state index >= 15 is 0 Å². The highest BCUT2D eigenvalue weighted by atomic mass is 19.2. The first kappa shape index (κ1) is 14.8. The highest BCUT2D eigenvalue weighted by molar-refractivity contribution is 5.99. The second-order valence-electron chi connectivity index (χ2n) is 5.79. The predicted molar refractivity (Wildman–Crippen MR) is 74.2 cm³/mol. The normalized spacial score (nSPS) is 26.3. The van der Waals surface area contributed by atoms with Crippen molar-refractivity contribution in [1.82, 2.24) is 5.32 Å². The standard InChI is InChI=1S/C15H20F2N2O/c1-8-3-4-10(5-9(8)2)19-15(20)11-6-12(16)13(17)7-14(11)18/h6-10H,3-5,18H2,1-2H3,(H,19,20). The van der Waals surface area contributed by atoms with E-state index in [2.05, 4.69) is 19.2 Å². The monoisotopic (exact) mass is 282 g/mol. The summed E-state index contributed by atoms with van der Waals surface area (Å²) in [5, 5.41) is 2.87. The van der Waals surface area contributed by atoms with Gasteiger partial charge in [-0.2, -0.15) is 0 Å². The number of anilines is 1. The van der Waals surface area contributed by atoms with E-state index in [-0.39, 0.29) is 17.3 Å². The quantitative estimate of drug-likeness (QED) is 0.819. The fourth-order valence-electron chi connectivity index (χ4n) is 2.70. The van der Waals surface area contributed by atoms with Crippen LogP contribution >= 0.6 is 0 Å². The summed E-state index contributed by atoms with van der Waals surface area (Å²) in [6, 6.07) is 1.77. The number of hydrogen-bond donors (Lipinski definition) is 2. The van der Waals surface area contributed by atoms with Crippen LogP contribution in [0.15, 0.2) is 12.1 Å². The van der Waals surface area contributed by atoms with Crippen LogP contribution in [-0.4, -0.2) is 11.9 Å². The van der Waals surface area contributed by atoms with Crippen LogP contribution in [0, 0.1) is 23.5 Å². The molecule has 110 valence electrons. The fourth-order valence-corrected chi connectivity index (χ4v) is 2.70. The molecule has 0 aromatic heterocycles. The largest absolute Gasteiger partial charge is 0.398 e. The van der Waals surface area contributed by atoms with Crippen molar-refractivity contribution in [1.29, 1.82) is 0 Å². The Morgan fingerprint density at radius 2 is 1.85 bits per heavy atom. The summed E-state index contributed by atoms with van der Waals surface area (Å²) in [5.41, 5.74) is 5.53. The molecule has 0 saturated heterocycles. The van der Waals surface area contributed by atoms with Crippen LogP contribution in [0.2, 0.25) is 0 Å². The molecule has 0 spiro atoms. The van der Waals surface area contributed by atoms with Gasteiger partial charge in [-0.25, -0.2) is 8.78 Å². The van der Waals surface area contributed by atoms with Crippen LogP contribution in [0.4, 0.5) is 14.5 Å². The van der Waals surface area contributed by atoms with Crippen LogP contribution in [0.1, 0.15) is 43.5 Å². The number of halogens is 2. The van der Waals surface area contributed by atoms with E-state index in [1.807, 2.05) is 0 Å². The van der Waals surface area contributed by atoms with Gasteiger partial charge in [0.25, 0.3) is 5.91 Å². The van der Waals surface area contributed by atoms with Gasteiger partial charge in [0.2, 0.25) is 0 Å². The molecule has 0 radical (unpaired) electrons. The molecule has 1 aliphatic rings. The lowest BCUT2D eigenvalue weighted by Crippen LogP contribution is -2.40. The Kier molecular flexibility index (Phi) is 4.26. The number of hydrogen-bond acceptors (Lipinski definition) is 2. The Hall–Kier alpha value is -1.65. The van der Waals surface area contributed by atoms with Gasteiger partial charge in [-0.15, -0.1) is 0 Å². The van der Waals surface area contributed by atoms with Crippen molar-refractivity contribution < 1.29 is 13.6 Å². The third-order valence-corrected chi connectivity index (χ3v) is 4.27. The number of nitrogens with two attached hydrogens (primary N) is 1. The molecule has 0 bridgehead atoms. The number of nitrogen functional groups attached to an aromatic ring is 1. The molecule has 5 heteroatoms. The summed E-state index contributed by atoms with van der Waals surface area (Å²) in [4.78, 5) is 12.1. The van der Waals surface area contributed by atoms with Gasteiger partial charge in [0, 0.05) is 17.8 Å². The van der Waals surface area contributed by atoms with Crippen molar-refractivity contribution in [2.24, 2.45) is 11.8 Å². The lowest BCUT2D eigenvalue weighted by Gasteiger charge is -2.32. The Balaban J connectivity index is 2.07. The van der Waals surface area contributed by atoms with Gasteiger partial charge >= 0.3 is 0 Å². The summed E-state index contributed by atoms with van der Waals surface area (Å²) in [6.45, 7) is 4.37. The second-order valence-corrected chi connectivity index (χ2v) is 5.79. The van der Waals surface area contributed by atoms with E-state index in [1.165, 1.54) is 0 Å². The first-order valence-electron chi connectivity index (χ1n) is 6.94. The fraction of sp³-hybridized carbons (Fsp3) is 0.533. The van der Waals surface area contributed by atoms with E-state index in [0.29, 0.717) is 11.8 Å². The minimum Gasteiger partial charge on any atom is -0.398 e. The van der Waals surface area contributed by atoms with Gasteiger partial charge in [0.1, 0.15) is 0 Å². The Bertz CT molecular complexity index is 519. The summed E-state index contributed by atoms with van der Waals surface area (Å²) >= 11 is 0. The third kappa shape index (κ3) is 3.08. The summed E-state index contributed by atoms with van der Waals surface area (Å²) in [7, 11) is 0. The summed E-state index contributed by atoms with van der Waals surface area (Å²) in [5.74, 6) is -1.35. The number of benzene rings is 1. The lowest BCUT2D eigenvalue weighted by molar-refractivity contribution is 0.0911. The van der Waals surface area contributed by atoms with E-state index in [4.69, 9.17) is 5.73 Å². The second kappa shape index (κ2) is 5.77. The number of carbonyl (C=O) groups excluding carboxylic acids is 1. The minimum atomic E-state index is -1.06. The van der Waals surface area contributed by atoms with Crippen LogP contribution in [-0.2, 0) is 0 Å². The van der Waals surface area contributed by atoms with Gasteiger partial charge in [0.15, 0.2) is 11.6 Å².